The molecule has 0 bridgehead atoms. The highest BCUT2D eigenvalue weighted by atomic mass is 79.9. The van der Waals surface area contributed by atoms with Crippen molar-refractivity contribution in [1.29, 1.82) is 0 Å². The van der Waals surface area contributed by atoms with E-state index >= 15 is 0 Å². The van der Waals surface area contributed by atoms with Gasteiger partial charge in [-0.05, 0) is 52.7 Å². The summed E-state index contributed by atoms with van der Waals surface area (Å²) in [4.78, 5) is 4.39. The van der Waals surface area contributed by atoms with Crippen LogP contribution in [0.1, 0.15) is 38.8 Å². The number of hydrogen-bond donors (Lipinski definition) is 1. The number of halogens is 1. The molecule has 17 heavy (non-hydrogen) atoms. The van der Waals surface area contributed by atoms with E-state index in [4.69, 9.17) is 0 Å². The van der Waals surface area contributed by atoms with Crippen LogP contribution in [0, 0.1) is 11.8 Å². The summed E-state index contributed by atoms with van der Waals surface area (Å²) in [6, 6.07) is 4.80. The lowest BCUT2D eigenvalue weighted by Crippen LogP contribution is -2.32. The molecule has 3 atom stereocenters. The van der Waals surface area contributed by atoms with Crippen LogP contribution in [0.2, 0.25) is 0 Å². The van der Waals surface area contributed by atoms with Gasteiger partial charge in [0.05, 0.1) is 5.69 Å². The first-order chi connectivity index (χ1) is 8.20. The fourth-order valence-corrected chi connectivity index (χ4v) is 3.09. The molecular formula is C14H21BrN2. The molecule has 0 saturated heterocycles. The van der Waals surface area contributed by atoms with Crippen LogP contribution >= 0.6 is 15.9 Å². The molecule has 1 fully saturated rings. The Bertz CT molecular complexity index is 350. The van der Waals surface area contributed by atoms with Crippen molar-refractivity contribution < 1.29 is 0 Å². The Hall–Kier alpha value is -0.410. The fourth-order valence-electron chi connectivity index (χ4n) is 2.86. The number of rotatable bonds is 4. The summed E-state index contributed by atoms with van der Waals surface area (Å²) in [5, 5.41) is 3.65. The third-order valence-electron chi connectivity index (χ3n) is 4.09. The second kappa shape index (κ2) is 5.96. The zero-order valence-electron chi connectivity index (χ0n) is 10.6. The van der Waals surface area contributed by atoms with Gasteiger partial charge in [-0.3, -0.25) is 4.98 Å². The van der Waals surface area contributed by atoms with Crippen LogP contribution in [-0.4, -0.2) is 11.0 Å². The van der Waals surface area contributed by atoms with Gasteiger partial charge in [0.1, 0.15) is 0 Å². The molecule has 0 radical (unpaired) electrons. The highest BCUT2D eigenvalue weighted by Gasteiger charge is 2.30. The van der Waals surface area contributed by atoms with E-state index in [9.17, 15) is 0 Å². The van der Waals surface area contributed by atoms with Crippen LogP contribution in [-0.2, 0) is 6.54 Å². The van der Waals surface area contributed by atoms with Crippen molar-refractivity contribution in [1.82, 2.24) is 10.3 Å². The molecule has 0 aromatic carbocycles. The quantitative estimate of drug-likeness (QED) is 0.915. The molecule has 1 aliphatic rings. The van der Waals surface area contributed by atoms with Gasteiger partial charge in [-0.15, -0.1) is 0 Å². The van der Waals surface area contributed by atoms with E-state index in [0.29, 0.717) is 6.04 Å². The number of aromatic nitrogens is 1. The van der Waals surface area contributed by atoms with Crippen molar-refractivity contribution in [3.05, 3.63) is 28.5 Å². The van der Waals surface area contributed by atoms with Crippen LogP contribution in [0.5, 0.6) is 0 Å². The van der Waals surface area contributed by atoms with Gasteiger partial charge >= 0.3 is 0 Å². The third-order valence-corrected chi connectivity index (χ3v) is 4.55. The number of pyridine rings is 1. The Balaban J connectivity index is 1.84. The molecule has 94 valence electrons. The molecule has 0 aliphatic heterocycles. The summed E-state index contributed by atoms with van der Waals surface area (Å²) in [7, 11) is 0. The molecule has 3 heteroatoms. The summed E-state index contributed by atoms with van der Waals surface area (Å²) in [6.45, 7) is 5.58. The molecule has 1 saturated carbocycles. The Morgan fingerprint density at radius 1 is 1.41 bits per heavy atom. The van der Waals surface area contributed by atoms with Crippen LogP contribution in [0.15, 0.2) is 22.8 Å². The van der Waals surface area contributed by atoms with E-state index in [1.54, 1.807) is 0 Å². The van der Waals surface area contributed by atoms with Crippen LogP contribution in [0.25, 0.3) is 0 Å². The van der Waals surface area contributed by atoms with E-state index in [2.05, 4.69) is 52.2 Å². The molecule has 0 amide bonds. The minimum absolute atomic E-state index is 0.672. The van der Waals surface area contributed by atoms with Crippen molar-refractivity contribution in [2.45, 2.75) is 45.7 Å². The van der Waals surface area contributed by atoms with Gasteiger partial charge in [-0.25, -0.2) is 0 Å². The minimum atomic E-state index is 0.672. The fraction of sp³-hybridized carbons (Fsp3) is 0.643. The lowest BCUT2D eigenvalue weighted by atomic mass is 9.93. The first-order valence-electron chi connectivity index (χ1n) is 6.54. The van der Waals surface area contributed by atoms with Crippen LogP contribution in [0.4, 0.5) is 0 Å². The monoisotopic (exact) mass is 296 g/mol. The molecule has 2 nitrogen and oxygen atoms in total. The summed E-state index contributed by atoms with van der Waals surface area (Å²) >= 11 is 3.41. The Kier molecular flexibility index (Phi) is 4.57. The number of nitrogens with one attached hydrogen (secondary N) is 1. The van der Waals surface area contributed by atoms with Gasteiger partial charge in [-0.1, -0.05) is 20.3 Å². The van der Waals surface area contributed by atoms with E-state index < -0.39 is 0 Å². The molecule has 1 N–H and O–H groups in total. The van der Waals surface area contributed by atoms with Crippen molar-refractivity contribution in [3.8, 4) is 0 Å². The summed E-state index contributed by atoms with van der Waals surface area (Å²) in [5.74, 6) is 1.71. The smallest absolute Gasteiger partial charge is 0.0542 e. The molecule has 1 aromatic heterocycles. The Labute approximate surface area is 112 Å². The lowest BCUT2D eigenvalue weighted by Gasteiger charge is -2.20. The molecule has 1 heterocycles. The SMILES string of the molecule is CCC1CCC(NCc2ccc(Br)cn2)C1C. The van der Waals surface area contributed by atoms with Gasteiger partial charge in [0.25, 0.3) is 0 Å². The van der Waals surface area contributed by atoms with Crippen molar-refractivity contribution in [3.63, 3.8) is 0 Å². The first kappa shape index (κ1) is 13.0. The summed E-state index contributed by atoms with van der Waals surface area (Å²) in [6.07, 6.45) is 5.87. The Morgan fingerprint density at radius 3 is 2.82 bits per heavy atom. The van der Waals surface area contributed by atoms with Gasteiger partial charge in [0.2, 0.25) is 0 Å². The summed E-state index contributed by atoms with van der Waals surface area (Å²) < 4.78 is 1.04. The molecule has 1 aliphatic carbocycles. The topological polar surface area (TPSA) is 24.9 Å². The van der Waals surface area contributed by atoms with Crippen molar-refractivity contribution in [2.75, 3.05) is 0 Å². The minimum Gasteiger partial charge on any atom is -0.308 e. The van der Waals surface area contributed by atoms with E-state index in [-0.39, 0.29) is 0 Å². The zero-order chi connectivity index (χ0) is 12.3. The average Bonchev–Trinajstić information content (AvgIpc) is 2.69. The van der Waals surface area contributed by atoms with Gasteiger partial charge in [0.15, 0.2) is 0 Å². The molecular weight excluding hydrogens is 276 g/mol. The lowest BCUT2D eigenvalue weighted by molar-refractivity contribution is 0.343. The van der Waals surface area contributed by atoms with E-state index in [1.165, 1.54) is 19.3 Å². The van der Waals surface area contributed by atoms with Crippen molar-refractivity contribution >= 4 is 15.9 Å². The standard InChI is InChI=1S/C14H21BrN2/c1-3-11-4-7-14(10(11)2)17-9-13-6-5-12(15)8-16-13/h5-6,8,10-11,14,17H,3-4,7,9H2,1-2H3. The van der Waals surface area contributed by atoms with Crippen molar-refractivity contribution in [2.24, 2.45) is 11.8 Å². The van der Waals surface area contributed by atoms with Gasteiger partial charge in [-0.2, -0.15) is 0 Å². The predicted molar refractivity (Wildman–Crippen MR) is 74.7 cm³/mol. The maximum absolute atomic E-state index is 4.39. The predicted octanol–water partition coefficient (Wildman–Crippen LogP) is 3.76. The molecule has 0 spiro atoms. The largest absolute Gasteiger partial charge is 0.308 e. The van der Waals surface area contributed by atoms with E-state index in [1.807, 2.05) is 6.20 Å². The zero-order valence-corrected chi connectivity index (χ0v) is 12.2. The highest BCUT2D eigenvalue weighted by molar-refractivity contribution is 9.10. The Morgan fingerprint density at radius 2 is 2.24 bits per heavy atom. The second-order valence-electron chi connectivity index (χ2n) is 5.06. The molecule has 1 aromatic rings. The van der Waals surface area contributed by atoms with Gasteiger partial charge < -0.3 is 5.32 Å². The number of hydrogen-bond acceptors (Lipinski definition) is 2. The first-order valence-corrected chi connectivity index (χ1v) is 7.33. The number of nitrogens with zero attached hydrogens (tertiary/aromatic N) is 1. The second-order valence-corrected chi connectivity index (χ2v) is 5.98. The summed E-state index contributed by atoms with van der Waals surface area (Å²) in [5.41, 5.74) is 1.13. The average molecular weight is 297 g/mol. The molecule has 2 rings (SSSR count). The maximum Gasteiger partial charge on any atom is 0.0542 e. The maximum atomic E-state index is 4.39. The molecule has 3 unspecified atom stereocenters. The van der Waals surface area contributed by atoms with Crippen LogP contribution < -0.4 is 5.32 Å². The van der Waals surface area contributed by atoms with E-state index in [0.717, 1.165) is 28.5 Å². The van der Waals surface area contributed by atoms with Gasteiger partial charge in [0, 0.05) is 23.3 Å². The highest BCUT2D eigenvalue weighted by Crippen LogP contribution is 2.33. The third kappa shape index (κ3) is 3.29. The van der Waals surface area contributed by atoms with Crippen LogP contribution in [0.3, 0.4) is 0 Å². The normalized spacial score (nSPS) is 28.5.